The first kappa shape index (κ1) is 16.0. The molecule has 0 aromatic heterocycles. The Morgan fingerprint density at radius 3 is 2.33 bits per heavy atom. The summed E-state index contributed by atoms with van der Waals surface area (Å²) in [4.78, 5) is 14.1. The maximum Gasteiger partial charge on any atom is 0.224 e. The van der Waals surface area contributed by atoms with E-state index in [0.717, 1.165) is 25.7 Å². The Bertz CT molecular complexity index is 472. The number of benzene rings is 1. The summed E-state index contributed by atoms with van der Waals surface area (Å²) in [6.07, 6.45) is 4.76. The minimum atomic E-state index is -0.257. The maximum absolute atomic E-state index is 12.3. The molecule has 0 spiro atoms. The summed E-state index contributed by atoms with van der Waals surface area (Å²) in [5.41, 5.74) is 8.55. The van der Waals surface area contributed by atoms with Crippen LogP contribution in [0.2, 0.25) is 0 Å². The van der Waals surface area contributed by atoms with Crippen molar-refractivity contribution in [2.75, 3.05) is 7.05 Å². The molecule has 21 heavy (non-hydrogen) atoms. The lowest BCUT2D eigenvalue weighted by atomic mass is 9.94. The van der Waals surface area contributed by atoms with Gasteiger partial charge in [-0.3, -0.25) is 4.79 Å². The van der Waals surface area contributed by atoms with Gasteiger partial charge in [0, 0.05) is 25.6 Å². The van der Waals surface area contributed by atoms with Gasteiger partial charge in [-0.2, -0.15) is 0 Å². The van der Waals surface area contributed by atoms with Crippen molar-refractivity contribution in [3.63, 3.8) is 0 Å². The quantitative estimate of drug-likeness (QED) is 0.902. The molecule has 0 radical (unpaired) electrons. The van der Waals surface area contributed by atoms with Crippen LogP contribution in [0.25, 0.3) is 0 Å². The summed E-state index contributed by atoms with van der Waals surface area (Å²) in [6, 6.07) is 8.54. The van der Waals surface area contributed by atoms with E-state index in [4.69, 9.17) is 5.73 Å². The van der Waals surface area contributed by atoms with Crippen LogP contribution in [0.3, 0.4) is 0 Å². The van der Waals surface area contributed by atoms with Crippen LogP contribution in [-0.2, 0) is 11.3 Å². The summed E-state index contributed by atoms with van der Waals surface area (Å²) in [6.45, 7) is 5.03. The molecule has 1 aliphatic carbocycles. The van der Waals surface area contributed by atoms with Gasteiger partial charge in [0.1, 0.15) is 0 Å². The van der Waals surface area contributed by atoms with Gasteiger partial charge in [0.2, 0.25) is 5.91 Å². The molecule has 1 amide bonds. The molecule has 1 aromatic rings. The molecule has 116 valence electrons. The van der Waals surface area contributed by atoms with Crippen molar-refractivity contribution in [1.29, 1.82) is 0 Å². The summed E-state index contributed by atoms with van der Waals surface area (Å²) in [7, 11) is 1.87. The van der Waals surface area contributed by atoms with Crippen LogP contribution in [0.4, 0.5) is 0 Å². The minimum absolute atomic E-state index is 0.160. The molecule has 0 bridgehead atoms. The molecule has 0 heterocycles. The van der Waals surface area contributed by atoms with E-state index in [2.05, 4.69) is 38.1 Å². The first-order chi connectivity index (χ1) is 9.89. The Hall–Kier alpha value is -1.35. The van der Waals surface area contributed by atoms with Crippen LogP contribution in [-0.4, -0.2) is 23.4 Å². The van der Waals surface area contributed by atoms with Crippen molar-refractivity contribution >= 4 is 5.91 Å². The molecule has 0 unspecified atom stereocenters. The zero-order valence-electron chi connectivity index (χ0n) is 13.6. The van der Waals surface area contributed by atoms with E-state index >= 15 is 0 Å². The third-order valence-electron chi connectivity index (χ3n) is 4.59. The van der Waals surface area contributed by atoms with Gasteiger partial charge in [0.15, 0.2) is 0 Å². The Morgan fingerprint density at radius 1 is 1.24 bits per heavy atom. The van der Waals surface area contributed by atoms with E-state index in [9.17, 15) is 4.79 Å². The van der Waals surface area contributed by atoms with E-state index in [1.54, 1.807) is 4.90 Å². The molecular weight excluding hydrogens is 260 g/mol. The lowest BCUT2D eigenvalue weighted by molar-refractivity contribution is -0.131. The second kappa shape index (κ2) is 6.61. The largest absolute Gasteiger partial charge is 0.341 e. The summed E-state index contributed by atoms with van der Waals surface area (Å²) < 4.78 is 0. The lowest BCUT2D eigenvalue weighted by Gasteiger charge is -2.26. The minimum Gasteiger partial charge on any atom is -0.341 e. The highest BCUT2D eigenvalue weighted by Gasteiger charge is 2.32. The molecule has 2 rings (SSSR count). The number of hydrogen-bond acceptors (Lipinski definition) is 2. The number of carbonyl (C=O) groups excluding carboxylic acids is 1. The van der Waals surface area contributed by atoms with Crippen molar-refractivity contribution in [2.45, 2.75) is 64.0 Å². The predicted octanol–water partition coefficient (Wildman–Crippen LogP) is 3.43. The molecule has 0 atom stereocenters. The fraction of sp³-hybridized carbons (Fsp3) is 0.611. The predicted molar refractivity (Wildman–Crippen MR) is 87.0 cm³/mol. The first-order valence-electron chi connectivity index (χ1n) is 8.01. The SMILES string of the molecule is CC(C)c1ccc(CN(C)C(=O)CC2(N)CCCC2)cc1. The normalized spacial score (nSPS) is 17.2. The number of nitrogens with two attached hydrogens (primary N) is 1. The van der Waals surface area contributed by atoms with Crippen LogP contribution < -0.4 is 5.73 Å². The Kier molecular flexibility index (Phi) is 5.04. The molecule has 1 fully saturated rings. The zero-order chi connectivity index (χ0) is 15.5. The first-order valence-corrected chi connectivity index (χ1v) is 8.01. The van der Waals surface area contributed by atoms with E-state index < -0.39 is 0 Å². The van der Waals surface area contributed by atoms with Gasteiger partial charge in [0.05, 0.1) is 0 Å². The van der Waals surface area contributed by atoms with Crippen LogP contribution in [0, 0.1) is 0 Å². The average molecular weight is 288 g/mol. The van der Waals surface area contributed by atoms with Gasteiger partial charge in [0.25, 0.3) is 0 Å². The molecule has 0 aliphatic heterocycles. The number of carbonyl (C=O) groups is 1. The maximum atomic E-state index is 12.3. The van der Waals surface area contributed by atoms with Crippen LogP contribution in [0.15, 0.2) is 24.3 Å². The highest BCUT2D eigenvalue weighted by atomic mass is 16.2. The number of amides is 1. The zero-order valence-corrected chi connectivity index (χ0v) is 13.6. The molecule has 1 aromatic carbocycles. The summed E-state index contributed by atoms with van der Waals surface area (Å²) >= 11 is 0. The second-order valence-corrected chi connectivity index (χ2v) is 6.89. The lowest BCUT2D eigenvalue weighted by Crippen LogP contribution is -2.42. The molecule has 3 nitrogen and oxygen atoms in total. The van der Waals surface area contributed by atoms with Crippen molar-refractivity contribution in [3.05, 3.63) is 35.4 Å². The van der Waals surface area contributed by atoms with Crippen molar-refractivity contribution < 1.29 is 4.79 Å². The van der Waals surface area contributed by atoms with Gasteiger partial charge in [-0.1, -0.05) is 51.0 Å². The van der Waals surface area contributed by atoms with Gasteiger partial charge in [-0.15, -0.1) is 0 Å². The fourth-order valence-electron chi connectivity index (χ4n) is 3.06. The van der Waals surface area contributed by atoms with Crippen molar-refractivity contribution in [2.24, 2.45) is 5.73 Å². The van der Waals surface area contributed by atoms with Gasteiger partial charge >= 0.3 is 0 Å². The van der Waals surface area contributed by atoms with E-state index in [1.165, 1.54) is 11.1 Å². The van der Waals surface area contributed by atoms with E-state index in [1.807, 2.05) is 7.05 Å². The third kappa shape index (κ3) is 4.31. The van der Waals surface area contributed by atoms with E-state index in [-0.39, 0.29) is 11.4 Å². The summed E-state index contributed by atoms with van der Waals surface area (Å²) in [5.74, 6) is 0.699. The fourth-order valence-corrected chi connectivity index (χ4v) is 3.06. The second-order valence-electron chi connectivity index (χ2n) is 6.89. The average Bonchev–Trinajstić information content (AvgIpc) is 2.85. The Morgan fingerprint density at radius 2 is 1.81 bits per heavy atom. The van der Waals surface area contributed by atoms with Gasteiger partial charge < -0.3 is 10.6 Å². The van der Waals surface area contributed by atoms with Crippen molar-refractivity contribution in [3.8, 4) is 0 Å². The molecule has 3 heteroatoms. The molecular formula is C18H28N2O. The van der Waals surface area contributed by atoms with Crippen molar-refractivity contribution in [1.82, 2.24) is 4.90 Å². The monoisotopic (exact) mass is 288 g/mol. The van der Waals surface area contributed by atoms with Gasteiger partial charge in [-0.25, -0.2) is 0 Å². The van der Waals surface area contributed by atoms with Crippen LogP contribution in [0.5, 0.6) is 0 Å². The molecule has 1 saturated carbocycles. The molecule has 0 saturated heterocycles. The smallest absolute Gasteiger partial charge is 0.224 e. The Balaban J connectivity index is 1.91. The van der Waals surface area contributed by atoms with Crippen LogP contribution in [0.1, 0.15) is 63.0 Å². The Labute approximate surface area is 128 Å². The summed E-state index contributed by atoms with van der Waals surface area (Å²) in [5, 5.41) is 0. The number of rotatable bonds is 5. The molecule has 1 aliphatic rings. The number of hydrogen-bond donors (Lipinski definition) is 1. The van der Waals surface area contributed by atoms with Gasteiger partial charge in [-0.05, 0) is 29.9 Å². The van der Waals surface area contributed by atoms with E-state index in [0.29, 0.717) is 18.9 Å². The third-order valence-corrected chi connectivity index (χ3v) is 4.59. The highest BCUT2D eigenvalue weighted by molar-refractivity contribution is 5.77. The molecule has 2 N–H and O–H groups in total. The van der Waals surface area contributed by atoms with Crippen LogP contribution >= 0.6 is 0 Å². The highest BCUT2D eigenvalue weighted by Crippen LogP contribution is 2.30. The topological polar surface area (TPSA) is 46.3 Å². The standard InChI is InChI=1S/C18H28N2O/c1-14(2)16-8-6-15(7-9-16)13-20(3)17(21)12-18(19)10-4-5-11-18/h6-9,14H,4-5,10-13,19H2,1-3H3. The number of nitrogens with zero attached hydrogens (tertiary/aromatic N) is 1.